The average Bonchev–Trinajstić information content (AvgIpc) is 2.69. The molecule has 0 saturated carbocycles. The Morgan fingerprint density at radius 2 is 1.85 bits per heavy atom. The molecule has 0 bridgehead atoms. The molecule has 1 N–H and O–H groups in total. The number of methoxy groups -OCH3 is 1. The van der Waals surface area contributed by atoms with Crippen LogP contribution in [0.2, 0.25) is 0 Å². The lowest BCUT2D eigenvalue weighted by Crippen LogP contribution is -2.49. The SMILES string of the molecule is COc1ccc(OCCCC(=O)NCC(CC(C)C)N2CCOCC2)cc1. The van der Waals surface area contributed by atoms with E-state index < -0.39 is 0 Å². The van der Waals surface area contributed by atoms with Crippen LogP contribution in [0.5, 0.6) is 11.5 Å². The van der Waals surface area contributed by atoms with E-state index in [0.717, 1.165) is 44.2 Å². The van der Waals surface area contributed by atoms with Gasteiger partial charge in [0.2, 0.25) is 5.91 Å². The lowest BCUT2D eigenvalue weighted by Gasteiger charge is -2.35. The Morgan fingerprint density at radius 3 is 2.48 bits per heavy atom. The van der Waals surface area contributed by atoms with Gasteiger partial charge in [-0.1, -0.05) is 13.8 Å². The first-order valence-corrected chi connectivity index (χ1v) is 9.94. The monoisotopic (exact) mass is 378 g/mol. The minimum atomic E-state index is 0.0929. The molecule has 0 aromatic heterocycles. The van der Waals surface area contributed by atoms with E-state index in [1.807, 2.05) is 24.3 Å². The molecule has 2 rings (SSSR count). The van der Waals surface area contributed by atoms with Gasteiger partial charge in [0.25, 0.3) is 0 Å². The maximum atomic E-state index is 12.2. The van der Waals surface area contributed by atoms with Crippen LogP contribution < -0.4 is 14.8 Å². The van der Waals surface area contributed by atoms with E-state index in [9.17, 15) is 4.79 Å². The summed E-state index contributed by atoms with van der Waals surface area (Å²) < 4.78 is 16.2. The Kier molecular flexibility index (Phi) is 9.42. The van der Waals surface area contributed by atoms with Gasteiger partial charge in [-0.15, -0.1) is 0 Å². The van der Waals surface area contributed by atoms with Crippen molar-refractivity contribution in [3.63, 3.8) is 0 Å². The van der Waals surface area contributed by atoms with Crippen molar-refractivity contribution in [1.29, 1.82) is 0 Å². The molecule has 1 aliphatic rings. The van der Waals surface area contributed by atoms with Crippen LogP contribution in [0.25, 0.3) is 0 Å². The standard InChI is InChI=1S/C21H34N2O4/c1-17(2)15-18(23-10-13-26-14-11-23)16-22-21(24)5-4-12-27-20-8-6-19(25-3)7-9-20/h6-9,17-18H,4-5,10-16H2,1-3H3,(H,22,24). The van der Waals surface area contributed by atoms with Crippen LogP contribution in [0.3, 0.4) is 0 Å². The third-order valence-electron chi connectivity index (χ3n) is 4.72. The Labute approximate surface area is 163 Å². The first-order valence-electron chi connectivity index (χ1n) is 9.94. The summed E-state index contributed by atoms with van der Waals surface area (Å²) in [5.74, 6) is 2.29. The lowest BCUT2D eigenvalue weighted by atomic mass is 10.0. The number of carbonyl (C=O) groups is 1. The molecule has 6 heteroatoms. The fraction of sp³-hybridized carbons (Fsp3) is 0.667. The molecule has 27 heavy (non-hydrogen) atoms. The number of morpholine rings is 1. The van der Waals surface area contributed by atoms with Crippen molar-refractivity contribution in [2.75, 3.05) is 46.6 Å². The predicted octanol–water partition coefficient (Wildman–Crippen LogP) is 2.72. The molecule has 152 valence electrons. The Bertz CT molecular complexity index is 542. The van der Waals surface area contributed by atoms with Gasteiger partial charge in [0.05, 0.1) is 26.9 Å². The van der Waals surface area contributed by atoms with Gasteiger partial charge >= 0.3 is 0 Å². The van der Waals surface area contributed by atoms with Crippen LogP contribution in [0, 0.1) is 5.92 Å². The number of benzene rings is 1. The van der Waals surface area contributed by atoms with Gasteiger partial charge in [0, 0.05) is 32.1 Å². The molecule has 1 aromatic rings. The largest absolute Gasteiger partial charge is 0.497 e. The second-order valence-electron chi connectivity index (χ2n) is 7.36. The first kappa shape index (κ1) is 21.5. The number of ether oxygens (including phenoxy) is 3. The zero-order valence-corrected chi connectivity index (χ0v) is 16.9. The van der Waals surface area contributed by atoms with Crippen molar-refractivity contribution in [1.82, 2.24) is 10.2 Å². The summed E-state index contributed by atoms with van der Waals surface area (Å²) in [6.07, 6.45) is 2.26. The predicted molar refractivity (Wildman–Crippen MR) is 106 cm³/mol. The summed E-state index contributed by atoms with van der Waals surface area (Å²) >= 11 is 0. The number of hydrogen-bond donors (Lipinski definition) is 1. The number of nitrogens with zero attached hydrogens (tertiary/aromatic N) is 1. The van der Waals surface area contributed by atoms with Crippen molar-refractivity contribution >= 4 is 5.91 Å². The number of amides is 1. The maximum absolute atomic E-state index is 12.2. The summed E-state index contributed by atoms with van der Waals surface area (Å²) in [4.78, 5) is 14.6. The third kappa shape index (κ3) is 8.18. The first-order chi connectivity index (χ1) is 13.1. The van der Waals surface area contributed by atoms with Gasteiger partial charge in [0.15, 0.2) is 0 Å². The van der Waals surface area contributed by atoms with E-state index >= 15 is 0 Å². The Morgan fingerprint density at radius 1 is 1.19 bits per heavy atom. The fourth-order valence-corrected chi connectivity index (χ4v) is 3.26. The van der Waals surface area contributed by atoms with Crippen molar-refractivity contribution < 1.29 is 19.0 Å². The molecule has 1 fully saturated rings. The second-order valence-corrected chi connectivity index (χ2v) is 7.36. The highest BCUT2D eigenvalue weighted by Gasteiger charge is 2.22. The maximum Gasteiger partial charge on any atom is 0.220 e. The highest BCUT2D eigenvalue weighted by Crippen LogP contribution is 2.17. The van der Waals surface area contributed by atoms with Gasteiger partial charge < -0.3 is 19.5 Å². The van der Waals surface area contributed by atoms with E-state index in [2.05, 4.69) is 24.1 Å². The molecule has 1 unspecified atom stereocenters. The highest BCUT2D eigenvalue weighted by atomic mass is 16.5. The fourth-order valence-electron chi connectivity index (χ4n) is 3.26. The van der Waals surface area contributed by atoms with Crippen molar-refractivity contribution in [3.8, 4) is 11.5 Å². The van der Waals surface area contributed by atoms with Crippen LogP contribution in [-0.4, -0.2) is 63.4 Å². The molecule has 1 saturated heterocycles. The van der Waals surface area contributed by atoms with Crippen LogP contribution >= 0.6 is 0 Å². The molecule has 0 radical (unpaired) electrons. The molecule has 1 heterocycles. The van der Waals surface area contributed by atoms with Gasteiger partial charge in [-0.05, 0) is 43.0 Å². The zero-order valence-electron chi connectivity index (χ0n) is 16.9. The molecular weight excluding hydrogens is 344 g/mol. The van der Waals surface area contributed by atoms with Gasteiger partial charge in [-0.2, -0.15) is 0 Å². The Balaban J connectivity index is 1.65. The van der Waals surface area contributed by atoms with Gasteiger partial charge in [-0.25, -0.2) is 0 Å². The van der Waals surface area contributed by atoms with Crippen molar-refractivity contribution in [2.24, 2.45) is 5.92 Å². The van der Waals surface area contributed by atoms with Crippen LogP contribution in [0.4, 0.5) is 0 Å². The number of rotatable bonds is 11. The molecule has 0 spiro atoms. The summed E-state index contributed by atoms with van der Waals surface area (Å²) in [5.41, 5.74) is 0. The van der Waals surface area contributed by atoms with Crippen molar-refractivity contribution in [2.45, 2.75) is 39.2 Å². The van der Waals surface area contributed by atoms with Gasteiger partial charge in [0.1, 0.15) is 11.5 Å². The molecular formula is C21H34N2O4. The van der Waals surface area contributed by atoms with E-state index in [1.54, 1.807) is 7.11 Å². The van der Waals surface area contributed by atoms with E-state index in [4.69, 9.17) is 14.2 Å². The second kappa shape index (κ2) is 11.8. The molecule has 1 atom stereocenters. The average molecular weight is 379 g/mol. The summed E-state index contributed by atoms with van der Waals surface area (Å²) in [6.45, 7) is 9.15. The third-order valence-corrected chi connectivity index (χ3v) is 4.72. The highest BCUT2D eigenvalue weighted by molar-refractivity contribution is 5.75. The summed E-state index contributed by atoms with van der Waals surface area (Å²) in [7, 11) is 1.64. The number of hydrogen-bond acceptors (Lipinski definition) is 5. The van der Waals surface area contributed by atoms with Gasteiger partial charge in [-0.3, -0.25) is 9.69 Å². The summed E-state index contributed by atoms with van der Waals surface area (Å²) in [5, 5.41) is 3.11. The normalized spacial score (nSPS) is 16.1. The smallest absolute Gasteiger partial charge is 0.220 e. The van der Waals surface area contributed by atoms with E-state index in [-0.39, 0.29) is 5.91 Å². The van der Waals surface area contributed by atoms with E-state index in [0.29, 0.717) is 38.0 Å². The molecule has 6 nitrogen and oxygen atoms in total. The topological polar surface area (TPSA) is 60.0 Å². The minimum Gasteiger partial charge on any atom is -0.497 e. The Hall–Kier alpha value is -1.79. The molecule has 0 aliphatic carbocycles. The number of nitrogens with one attached hydrogen (secondary N) is 1. The molecule has 1 aliphatic heterocycles. The zero-order chi connectivity index (χ0) is 19.5. The van der Waals surface area contributed by atoms with Crippen molar-refractivity contribution in [3.05, 3.63) is 24.3 Å². The quantitative estimate of drug-likeness (QED) is 0.600. The minimum absolute atomic E-state index is 0.0929. The van der Waals surface area contributed by atoms with E-state index in [1.165, 1.54) is 0 Å². The molecule has 1 aromatic carbocycles. The van der Waals surface area contributed by atoms with Crippen LogP contribution in [0.1, 0.15) is 33.1 Å². The van der Waals surface area contributed by atoms with Crippen LogP contribution in [0.15, 0.2) is 24.3 Å². The number of carbonyl (C=O) groups excluding carboxylic acids is 1. The molecule has 1 amide bonds. The lowest BCUT2D eigenvalue weighted by molar-refractivity contribution is -0.121. The summed E-state index contributed by atoms with van der Waals surface area (Å²) in [6, 6.07) is 7.86. The van der Waals surface area contributed by atoms with Crippen LogP contribution in [-0.2, 0) is 9.53 Å².